The Bertz CT molecular complexity index is 416. The van der Waals surface area contributed by atoms with E-state index in [-0.39, 0.29) is 24.7 Å². The van der Waals surface area contributed by atoms with Crippen LogP contribution in [0.1, 0.15) is 24.3 Å². The highest BCUT2D eigenvalue weighted by Crippen LogP contribution is 2.15. The maximum Gasteiger partial charge on any atom is 0.270 e. The van der Waals surface area contributed by atoms with Crippen LogP contribution in [-0.4, -0.2) is 52.4 Å². The van der Waals surface area contributed by atoms with E-state index < -0.39 is 0 Å². The molecule has 1 aliphatic rings. The lowest BCUT2D eigenvalue weighted by molar-refractivity contribution is -0.0860. The SMILES string of the molecule is CCn1cccc1C(=O)N1CC(C)OC(CO)C1. The third-order valence-electron chi connectivity index (χ3n) is 3.21. The van der Waals surface area contributed by atoms with Crippen LogP contribution in [0.15, 0.2) is 18.3 Å². The average molecular weight is 252 g/mol. The van der Waals surface area contributed by atoms with E-state index in [9.17, 15) is 9.90 Å². The van der Waals surface area contributed by atoms with E-state index in [4.69, 9.17) is 4.74 Å². The van der Waals surface area contributed by atoms with E-state index in [0.29, 0.717) is 18.8 Å². The molecule has 5 nitrogen and oxygen atoms in total. The minimum Gasteiger partial charge on any atom is -0.394 e. The Morgan fingerprint density at radius 2 is 2.33 bits per heavy atom. The number of carbonyl (C=O) groups is 1. The molecule has 2 heterocycles. The van der Waals surface area contributed by atoms with Crippen molar-refractivity contribution in [3.05, 3.63) is 24.0 Å². The van der Waals surface area contributed by atoms with Crippen molar-refractivity contribution in [3.63, 3.8) is 0 Å². The predicted molar refractivity (Wildman–Crippen MR) is 67.4 cm³/mol. The van der Waals surface area contributed by atoms with Crippen LogP contribution < -0.4 is 0 Å². The molecule has 1 fully saturated rings. The largest absolute Gasteiger partial charge is 0.394 e. The molecule has 100 valence electrons. The molecule has 1 aliphatic heterocycles. The molecule has 5 heteroatoms. The van der Waals surface area contributed by atoms with Crippen molar-refractivity contribution in [2.45, 2.75) is 32.6 Å². The van der Waals surface area contributed by atoms with E-state index in [1.165, 1.54) is 0 Å². The standard InChI is InChI=1S/C13H20N2O3/c1-3-14-6-4-5-12(14)13(17)15-7-10(2)18-11(8-15)9-16/h4-6,10-11,16H,3,7-9H2,1-2H3. The Morgan fingerprint density at radius 1 is 1.56 bits per heavy atom. The first-order valence-electron chi connectivity index (χ1n) is 6.36. The van der Waals surface area contributed by atoms with Gasteiger partial charge in [-0.25, -0.2) is 0 Å². The van der Waals surface area contributed by atoms with Crippen LogP contribution in [0.25, 0.3) is 0 Å². The number of ether oxygens (including phenoxy) is 1. The van der Waals surface area contributed by atoms with Crippen LogP contribution in [0, 0.1) is 0 Å². The second-order valence-corrected chi connectivity index (χ2v) is 4.64. The molecule has 1 saturated heterocycles. The zero-order chi connectivity index (χ0) is 13.1. The summed E-state index contributed by atoms with van der Waals surface area (Å²) in [6, 6.07) is 3.71. The summed E-state index contributed by atoms with van der Waals surface area (Å²) in [6.07, 6.45) is 1.59. The Balaban J connectivity index is 2.13. The fourth-order valence-corrected chi connectivity index (χ4v) is 2.36. The van der Waals surface area contributed by atoms with Crippen molar-refractivity contribution >= 4 is 5.91 Å². The second kappa shape index (κ2) is 5.54. The molecule has 0 saturated carbocycles. The normalized spacial score (nSPS) is 24.3. The van der Waals surface area contributed by atoms with Crippen LogP contribution in [0.4, 0.5) is 0 Å². The van der Waals surface area contributed by atoms with Gasteiger partial charge in [-0.3, -0.25) is 4.79 Å². The molecule has 0 aliphatic carbocycles. The van der Waals surface area contributed by atoms with E-state index in [1.54, 1.807) is 4.90 Å². The molecule has 0 aromatic carbocycles. The summed E-state index contributed by atoms with van der Waals surface area (Å²) in [4.78, 5) is 14.2. The predicted octanol–water partition coefficient (Wildman–Crippen LogP) is 0.730. The fourth-order valence-electron chi connectivity index (χ4n) is 2.36. The molecule has 1 aromatic rings. The highest BCUT2D eigenvalue weighted by atomic mass is 16.5. The summed E-state index contributed by atoms with van der Waals surface area (Å²) in [5.74, 6) is 0.00968. The first kappa shape index (κ1) is 13.1. The van der Waals surface area contributed by atoms with Crippen molar-refractivity contribution < 1.29 is 14.6 Å². The number of morpholine rings is 1. The van der Waals surface area contributed by atoms with Gasteiger partial charge in [-0.2, -0.15) is 0 Å². The lowest BCUT2D eigenvalue weighted by atomic mass is 10.2. The molecule has 2 unspecified atom stereocenters. The van der Waals surface area contributed by atoms with Crippen molar-refractivity contribution in [2.24, 2.45) is 0 Å². The summed E-state index contributed by atoms with van der Waals surface area (Å²) < 4.78 is 7.47. The number of aliphatic hydroxyl groups is 1. The van der Waals surface area contributed by atoms with Crippen molar-refractivity contribution in [3.8, 4) is 0 Å². The molecule has 1 N–H and O–H groups in total. The van der Waals surface area contributed by atoms with Crippen LogP contribution in [0.3, 0.4) is 0 Å². The number of rotatable bonds is 3. The number of aromatic nitrogens is 1. The summed E-state index contributed by atoms with van der Waals surface area (Å²) in [5, 5.41) is 9.17. The third kappa shape index (κ3) is 2.57. The highest BCUT2D eigenvalue weighted by Gasteiger charge is 2.29. The van der Waals surface area contributed by atoms with Crippen molar-refractivity contribution in [1.82, 2.24) is 9.47 Å². The minimum absolute atomic E-state index is 0.00968. The number of carbonyl (C=O) groups excluding carboxylic acids is 1. The Labute approximate surface area is 107 Å². The highest BCUT2D eigenvalue weighted by molar-refractivity contribution is 5.92. The number of nitrogens with zero attached hydrogens (tertiary/aromatic N) is 2. The first-order chi connectivity index (χ1) is 8.65. The summed E-state index contributed by atoms with van der Waals surface area (Å²) in [5.41, 5.74) is 0.697. The number of hydrogen-bond donors (Lipinski definition) is 1. The summed E-state index contributed by atoms with van der Waals surface area (Å²) in [6.45, 7) is 5.68. The maximum atomic E-state index is 12.4. The van der Waals surface area contributed by atoms with E-state index in [2.05, 4.69) is 0 Å². The molecule has 2 atom stereocenters. The monoisotopic (exact) mass is 252 g/mol. The van der Waals surface area contributed by atoms with Gasteiger partial charge >= 0.3 is 0 Å². The van der Waals surface area contributed by atoms with Gasteiger partial charge in [0.25, 0.3) is 5.91 Å². The lowest BCUT2D eigenvalue weighted by Gasteiger charge is -2.36. The minimum atomic E-state index is -0.275. The number of hydrogen-bond acceptors (Lipinski definition) is 3. The van der Waals surface area contributed by atoms with Gasteiger partial charge in [0, 0.05) is 25.8 Å². The number of aliphatic hydroxyl groups excluding tert-OH is 1. The van der Waals surface area contributed by atoms with Gasteiger partial charge in [-0.15, -0.1) is 0 Å². The molecule has 1 aromatic heterocycles. The molecule has 0 bridgehead atoms. The Morgan fingerprint density at radius 3 is 3.00 bits per heavy atom. The van der Waals surface area contributed by atoms with Crippen LogP contribution in [0.2, 0.25) is 0 Å². The maximum absolute atomic E-state index is 12.4. The van der Waals surface area contributed by atoms with Crippen LogP contribution >= 0.6 is 0 Å². The van der Waals surface area contributed by atoms with Crippen molar-refractivity contribution in [1.29, 1.82) is 0 Å². The Kier molecular flexibility index (Phi) is 4.04. The van der Waals surface area contributed by atoms with Crippen LogP contribution in [0.5, 0.6) is 0 Å². The van der Waals surface area contributed by atoms with Gasteiger partial charge in [0.1, 0.15) is 5.69 Å². The smallest absolute Gasteiger partial charge is 0.270 e. The third-order valence-corrected chi connectivity index (χ3v) is 3.21. The topological polar surface area (TPSA) is 54.7 Å². The second-order valence-electron chi connectivity index (χ2n) is 4.64. The molecule has 1 amide bonds. The molecule has 0 radical (unpaired) electrons. The van der Waals surface area contributed by atoms with Gasteiger partial charge in [-0.1, -0.05) is 0 Å². The fraction of sp³-hybridized carbons (Fsp3) is 0.615. The molecule has 18 heavy (non-hydrogen) atoms. The molecule has 2 rings (SSSR count). The first-order valence-corrected chi connectivity index (χ1v) is 6.36. The zero-order valence-corrected chi connectivity index (χ0v) is 10.9. The van der Waals surface area contributed by atoms with Gasteiger partial charge in [0.05, 0.1) is 18.8 Å². The van der Waals surface area contributed by atoms with Gasteiger partial charge in [-0.05, 0) is 26.0 Å². The molecule has 0 spiro atoms. The van der Waals surface area contributed by atoms with E-state index in [0.717, 1.165) is 6.54 Å². The summed E-state index contributed by atoms with van der Waals surface area (Å²) in [7, 11) is 0. The summed E-state index contributed by atoms with van der Waals surface area (Å²) >= 11 is 0. The van der Waals surface area contributed by atoms with Gasteiger partial charge < -0.3 is 19.3 Å². The number of amides is 1. The zero-order valence-electron chi connectivity index (χ0n) is 10.9. The van der Waals surface area contributed by atoms with Crippen LogP contribution in [-0.2, 0) is 11.3 Å². The molecular formula is C13H20N2O3. The molecular weight excluding hydrogens is 232 g/mol. The number of aryl methyl sites for hydroxylation is 1. The van der Waals surface area contributed by atoms with E-state index >= 15 is 0 Å². The van der Waals surface area contributed by atoms with Crippen molar-refractivity contribution in [2.75, 3.05) is 19.7 Å². The lowest BCUT2D eigenvalue weighted by Crippen LogP contribution is -2.50. The van der Waals surface area contributed by atoms with Gasteiger partial charge in [0.2, 0.25) is 0 Å². The Hall–Kier alpha value is -1.33. The van der Waals surface area contributed by atoms with E-state index in [1.807, 2.05) is 36.7 Å². The van der Waals surface area contributed by atoms with Gasteiger partial charge in [0.15, 0.2) is 0 Å². The average Bonchev–Trinajstić information content (AvgIpc) is 2.85. The quantitative estimate of drug-likeness (QED) is 0.863.